The number of carbonyl (C=O) groups excluding carboxylic acids is 1. The van der Waals surface area contributed by atoms with Crippen LogP contribution in [-0.4, -0.2) is 13.1 Å². The fourth-order valence-electron chi connectivity index (χ4n) is 3.12. The number of benzene rings is 4. The van der Waals surface area contributed by atoms with E-state index in [1.54, 1.807) is 0 Å². The van der Waals surface area contributed by atoms with Gasteiger partial charge in [0, 0.05) is 0 Å². The molecule has 0 aliphatic heterocycles. The van der Waals surface area contributed by atoms with Gasteiger partial charge in [-0.25, -0.2) is 4.79 Å². The zero-order chi connectivity index (χ0) is 16.7. The van der Waals surface area contributed by atoms with Crippen molar-refractivity contribution in [1.82, 2.24) is 0 Å². The van der Waals surface area contributed by atoms with Gasteiger partial charge in [0.2, 0.25) is 0 Å². The van der Waals surface area contributed by atoms with E-state index in [0.29, 0.717) is 5.57 Å². The van der Waals surface area contributed by atoms with Gasteiger partial charge in [-0.3, -0.25) is 0 Å². The van der Waals surface area contributed by atoms with Crippen molar-refractivity contribution in [2.24, 2.45) is 0 Å². The molecule has 0 bridgehead atoms. The molecule has 0 spiro atoms. The zero-order valence-electron chi connectivity index (χ0n) is 13.4. The quantitative estimate of drug-likeness (QED) is 0.284. The van der Waals surface area contributed by atoms with Crippen molar-refractivity contribution in [2.75, 3.05) is 7.11 Å². The van der Waals surface area contributed by atoms with E-state index in [9.17, 15) is 4.79 Å². The molecule has 4 aromatic carbocycles. The molecule has 0 saturated heterocycles. The molecule has 0 aromatic heterocycles. The van der Waals surface area contributed by atoms with Crippen LogP contribution in [0.25, 0.3) is 37.9 Å². The van der Waals surface area contributed by atoms with E-state index >= 15 is 0 Å². The molecule has 0 fully saturated rings. The summed E-state index contributed by atoms with van der Waals surface area (Å²) in [5, 5.41) is 7.07. The van der Waals surface area contributed by atoms with Gasteiger partial charge in [0.05, 0.1) is 12.7 Å². The second-order valence-corrected chi connectivity index (χ2v) is 5.93. The van der Waals surface area contributed by atoms with Crippen LogP contribution in [0.3, 0.4) is 0 Å². The van der Waals surface area contributed by atoms with Crippen molar-refractivity contribution in [2.45, 2.75) is 0 Å². The molecule has 4 aromatic rings. The zero-order valence-corrected chi connectivity index (χ0v) is 13.4. The van der Waals surface area contributed by atoms with Gasteiger partial charge in [-0.1, -0.05) is 43.0 Å². The first kappa shape index (κ1) is 14.5. The van der Waals surface area contributed by atoms with Gasteiger partial charge in [0.25, 0.3) is 0 Å². The first-order valence-electron chi connectivity index (χ1n) is 7.79. The number of methoxy groups -OCH3 is 1. The van der Waals surface area contributed by atoms with E-state index in [-0.39, 0.29) is 0 Å². The first-order valence-corrected chi connectivity index (χ1v) is 7.79. The van der Waals surface area contributed by atoms with E-state index in [2.05, 4.69) is 49.0 Å². The molecule has 0 unspecified atom stereocenters. The molecule has 24 heavy (non-hydrogen) atoms. The van der Waals surface area contributed by atoms with Crippen molar-refractivity contribution < 1.29 is 9.53 Å². The summed E-state index contributed by atoms with van der Waals surface area (Å²) in [6, 6.07) is 23.0. The van der Waals surface area contributed by atoms with Crippen LogP contribution < -0.4 is 0 Å². The predicted octanol–water partition coefficient (Wildman–Crippen LogP) is 5.33. The largest absolute Gasteiger partial charge is 0.465 e. The average molecular weight is 312 g/mol. The smallest absolute Gasteiger partial charge is 0.337 e. The Morgan fingerprint density at radius 1 is 0.750 bits per heavy atom. The van der Waals surface area contributed by atoms with Crippen molar-refractivity contribution >= 4 is 43.9 Å². The number of ether oxygens (including phenoxy) is 1. The Hall–Kier alpha value is -3.13. The summed E-state index contributed by atoms with van der Waals surface area (Å²) in [5.74, 6) is -0.402. The van der Waals surface area contributed by atoms with Crippen molar-refractivity contribution in [3.8, 4) is 0 Å². The summed E-state index contributed by atoms with van der Waals surface area (Å²) in [6.45, 7) is 3.83. The maximum Gasteiger partial charge on any atom is 0.337 e. The second-order valence-electron chi connectivity index (χ2n) is 5.93. The molecular formula is C22H16O2. The van der Waals surface area contributed by atoms with Crippen molar-refractivity contribution in [3.05, 3.63) is 78.9 Å². The Balaban J connectivity index is 1.93. The van der Waals surface area contributed by atoms with Gasteiger partial charge in [-0.15, -0.1) is 0 Å². The minimum absolute atomic E-state index is 0.373. The molecule has 2 heteroatoms. The van der Waals surface area contributed by atoms with Gasteiger partial charge < -0.3 is 4.74 Å². The molecule has 0 amide bonds. The highest BCUT2D eigenvalue weighted by Crippen LogP contribution is 2.29. The van der Waals surface area contributed by atoms with Crippen LogP contribution >= 0.6 is 0 Å². The highest BCUT2D eigenvalue weighted by atomic mass is 16.5. The van der Waals surface area contributed by atoms with Crippen LogP contribution in [0, 0.1) is 0 Å². The van der Waals surface area contributed by atoms with E-state index < -0.39 is 5.97 Å². The maximum absolute atomic E-state index is 11.7. The molecule has 4 rings (SSSR count). The standard InChI is InChI=1S/C22H16O2/c1-14(22(23)24-2)15-7-8-18-12-20-10-16-5-3-4-6-17(16)11-21(20)13-19(18)9-15/h3-13H,1H2,2H3. The number of rotatable bonds is 2. The SMILES string of the molecule is C=C(C(=O)OC)c1ccc2cc3cc4ccccc4cc3cc2c1. The summed E-state index contributed by atoms with van der Waals surface area (Å²) in [7, 11) is 1.37. The summed E-state index contributed by atoms with van der Waals surface area (Å²) in [4.78, 5) is 11.7. The van der Waals surface area contributed by atoms with Gasteiger partial charge in [-0.05, 0) is 68.2 Å². The highest BCUT2D eigenvalue weighted by Gasteiger charge is 2.10. The lowest BCUT2D eigenvalue weighted by atomic mass is 9.97. The molecule has 0 radical (unpaired) electrons. The third-order valence-corrected chi connectivity index (χ3v) is 4.44. The molecule has 0 aliphatic rings. The second kappa shape index (κ2) is 5.50. The normalized spacial score (nSPS) is 11.0. The van der Waals surface area contributed by atoms with Gasteiger partial charge in [0.1, 0.15) is 0 Å². The highest BCUT2D eigenvalue weighted by molar-refractivity contribution is 6.16. The van der Waals surface area contributed by atoms with Crippen LogP contribution in [0.4, 0.5) is 0 Å². The van der Waals surface area contributed by atoms with E-state index in [1.165, 1.54) is 28.7 Å². The molecule has 0 aliphatic carbocycles. The fourth-order valence-corrected chi connectivity index (χ4v) is 3.12. The molecule has 0 saturated carbocycles. The minimum atomic E-state index is -0.402. The molecule has 2 nitrogen and oxygen atoms in total. The van der Waals surface area contributed by atoms with Crippen LogP contribution in [0.15, 0.2) is 73.3 Å². The topological polar surface area (TPSA) is 26.3 Å². The number of fused-ring (bicyclic) bond motifs is 3. The van der Waals surface area contributed by atoms with Crippen molar-refractivity contribution in [3.63, 3.8) is 0 Å². The summed E-state index contributed by atoms with van der Waals surface area (Å²) in [6.07, 6.45) is 0. The van der Waals surface area contributed by atoms with E-state index in [4.69, 9.17) is 4.74 Å². The monoisotopic (exact) mass is 312 g/mol. The lowest BCUT2D eigenvalue weighted by molar-refractivity contribution is -0.133. The summed E-state index contributed by atoms with van der Waals surface area (Å²) in [5.41, 5.74) is 1.16. The molecule has 0 N–H and O–H groups in total. The van der Waals surface area contributed by atoms with Crippen LogP contribution in [0.1, 0.15) is 5.56 Å². The number of esters is 1. The summed E-state index contributed by atoms with van der Waals surface area (Å²) < 4.78 is 4.76. The van der Waals surface area contributed by atoms with Crippen LogP contribution in [-0.2, 0) is 9.53 Å². The number of carbonyl (C=O) groups is 1. The maximum atomic E-state index is 11.7. The average Bonchev–Trinajstić information content (AvgIpc) is 2.62. The Bertz CT molecular complexity index is 1120. The minimum Gasteiger partial charge on any atom is -0.465 e. The predicted molar refractivity (Wildman–Crippen MR) is 100 cm³/mol. The van der Waals surface area contributed by atoms with Gasteiger partial charge >= 0.3 is 5.97 Å². The van der Waals surface area contributed by atoms with Crippen LogP contribution in [0.2, 0.25) is 0 Å². The molecule has 116 valence electrons. The Kier molecular flexibility index (Phi) is 3.31. The number of hydrogen-bond acceptors (Lipinski definition) is 2. The molecule has 0 heterocycles. The van der Waals surface area contributed by atoms with Crippen LogP contribution in [0.5, 0.6) is 0 Å². The van der Waals surface area contributed by atoms with E-state index in [1.807, 2.05) is 24.3 Å². The number of hydrogen-bond donors (Lipinski definition) is 0. The third kappa shape index (κ3) is 2.33. The van der Waals surface area contributed by atoms with Gasteiger partial charge in [0.15, 0.2) is 0 Å². The molecular weight excluding hydrogens is 296 g/mol. The Morgan fingerprint density at radius 2 is 1.25 bits per heavy atom. The summed E-state index contributed by atoms with van der Waals surface area (Å²) >= 11 is 0. The van der Waals surface area contributed by atoms with E-state index in [0.717, 1.165) is 16.3 Å². The Morgan fingerprint density at radius 3 is 1.83 bits per heavy atom. The lowest BCUT2D eigenvalue weighted by Gasteiger charge is -2.08. The fraction of sp³-hybridized carbons (Fsp3) is 0.0455. The Labute approximate surface area is 140 Å². The first-order chi connectivity index (χ1) is 11.7. The van der Waals surface area contributed by atoms with Gasteiger partial charge in [-0.2, -0.15) is 0 Å². The van der Waals surface area contributed by atoms with Crippen molar-refractivity contribution in [1.29, 1.82) is 0 Å². The third-order valence-electron chi connectivity index (χ3n) is 4.44. The lowest BCUT2D eigenvalue weighted by Crippen LogP contribution is -2.02. The molecule has 0 atom stereocenters.